The van der Waals surface area contributed by atoms with E-state index in [9.17, 15) is 9.59 Å². The molecule has 0 bridgehead atoms. The summed E-state index contributed by atoms with van der Waals surface area (Å²) in [5, 5.41) is 7.46. The Morgan fingerprint density at radius 1 is 1.15 bits per heavy atom. The number of fused-ring (bicyclic) bond motifs is 2. The van der Waals surface area contributed by atoms with Crippen LogP contribution in [0.2, 0.25) is 5.02 Å². The lowest BCUT2D eigenvalue weighted by Gasteiger charge is -2.20. The van der Waals surface area contributed by atoms with Gasteiger partial charge in [0.15, 0.2) is 0 Å². The highest BCUT2D eigenvalue weighted by Gasteiger charge is 2.17. The molecule has 1 aliphatic heterocycles. The van der Waals surface area contributed by atoms with E-state index in [2.05, 4.69) is 15.6 Å². The molecule has 6 nitrogen and oxygen atoms in total. The number of carbonyl (C=O) groups is 1. The lowest BCUT2D eigenvalue weighted by atomic mass is 10.1. The van der Waals surface area contributed by atoms with Crippen molar-refractivity contribution in [3.8, 4) is 0 Å². The molecule has 1 amide bonds. The second kappa shape index (κ2) is 6.38. The Bertz CT molecular complexity index is 1080. The molecule has 132 valence electrons. The van der Waals surface area contributed by atoms with Gasteiger partial charge in [-0.1, -0.05) is 17.7 Å². The Labute approximate surface area is 154 Å². The quantitative estimate of drug-likeness (QED) is 0.638. The summed E-state index contributed by atoms with van der Waals surface area (Å²) in [6, 6.07) is 12.6. The Morgan fingerprint density at radius 3 is 2.85 bits per heavy atom. The van der Waals surface area contributed by atoms with Gasteiger partial charge in [-0.15, -0.1) is 0 Å². The van der Waals surface area contributed by atoms with Gasteiger partial charge in [-0.25, -0.2) is 4.79 Å². The molecule has 0 saturated heterocycles. The fraction of sp³-hybridized carbons (Fsp3) is 0.158. The normalized spacial score (nSPS) is 14.3. The number of cyclic esters (lactones) is 1. The average Bonchev–Trinajstić information content (AvgIpc) is 2.61. The second-order valence-corrected chi connectivity index (χ2v) is 6.66. The maximum atomic E-state index is 12.4. The van der Waals surface area contributed by atoms with Crippen LogP contribution in [0.1, 0.15) is 24.1 Å². The molecular formula is C19H16ClN3O3. The number of hydrogen-bond acceptors (Lipinski definition) is 4. The Kier molecular flexibility index (Phi) is 4.05. The van der Waals surface area contributed by atoms with Crippen LogP contribution >= 0.6 is 11.6 Å². The summed E-state index contributed by atoms with van der Waals surface area (Å²) in [4.78, 5) is 26.7. The summed E-state index contributed by atoms with van der Waals surface area (Å²) < 4.78 is 4.93. The number of benzene rings is 2. The van der Waals surface area contributed by atoms with E-state index >= 15 is 0 Å². The molecule has 0 unspecified atom stereocenters. The maximum absolute atomic E-state index is 12.4. The highest BCUT2D eigenvalue weighted by molar-refractivity contribution is 6.31. The molecule has 0 fully saturated rings. The molecule has 0 saturated carbocycles. The van der Waals surface area contributed by atoms with Gasteiger partial charge in [-0.3, -0.25) is 10.1 Å². The molecule has 4 rings (SSSR count). The lowest BCUT2D eigenvalue weighted by Crippen LogP contribution is -2.21. The van der Waals surface area contributed by atoms with Gasteiger partial charge < -0.3 is 15.0 Å². The summed E-state index contributed by atoms with van der Waals surface area (Å²) in [7, 11) is 0. The van der Waals surface area contributed by atoms with Crippen molar-refractivity contribution in [3.63, 3.8) is 0 Å². The maximum Gasteiger partial charge on any atom is 0.411 e. The number of H-pyrrole nitrogens is 1. The van der Waals surface area contributed by atoms with Crippen molar-refractivity contribution in [1.82, 2.24) is 4.98 Å². The van der Waals surface area contributed by atoms with Gasteiger partial charge in [0, 0.05) is 32.7 Å². The summed E-state index contributed by atoms with van der Waals surface area (Å²) in [6.45, 7) is 2.16. The Balaban J connectivity index is 1.64. The predicted octanol–water partition coefficient (Wildman–Crippen LogP) is 4.42. The van der Waals surface area contributed by atoms with Crippen LogP contribution in [0, 0.1) is 0 Å². The van der Waals surface area contributed by atoms with Crippen LogP contribution < -0.4 is 16.2 Å². The van der Waals surface area contributed by atoms with Crippen molar-refractivity contribution in [1.29, 1.82) is 0 Å². The molecule has 3 aromatic rings. The summed E-state index contributed by atoms with van der Waals surface area (Å²) >= 11 is 6.05. The third-order valence-corrected chi connectivity index (χ3v) is 4.63. The molecule has 0 spiro atoms. The molecule has 1 atom stereocenters. The van der Waals surface area contributed by atoms with Crippen molar-refractivity contribution in [2.24, 2.45) is 0 Å². The van der Waals surface area contributed by atoms with Crippen LogP contribution in [0.5, 0.6) is 0 Å². The third-order valence-electron chi connectivity index (χ3n) is 4.39. The van der Waals surface area contributed by atoms with Gasteiger partial charge in [0.2, 0.25) is 0 Å². The number of nitrogens with one attached hydrogen (secondary N) is 3. The Hall–Kier alpha value is -2.99. The standard InChI is InChI=1S/C19H16ClN3O3/c1-10(15-7-12-6-13(20)3-5-16(12)22-18(15)24)21-14-4-2-11-9-26-19(25)23-17(11)8-14/h2-8,10,21H,9H2,1H3,(H,22,24)(H,23,25)/t10-/m0/s1. The van der Waals surface area contributed by atoms with E-state index in [1.807, 2.05) is 37.3 Å². The Morgan fingerprint density at radius 2 is 2.00 bits per heavy atom. The number of amides is 1. The first-order chi connectivity index (χ1) is 12.5. The minimum absolute atomic E-state index is 0.153. The number of ether oxygens (including phenoxy) is 1. The molecule has 2 heterocycles. The van der Waals surface area contributed by atoms with Crippen LogP contribution in [-0.4, -0.2) is 11.1 Å². The van der Waals surface area contributed by atoms with E-state index in [0.29, 0.717) is 16.3 Å². The molecule has 7 heteroatoms. The zero-order valence-electron chi connectivity index (χ0n) is 13.9. The minimum atomic E-state index is -0.467. The zero-order valence-corrected chi connectivity index (χ0v) is 14.7. The first-order valence-electron chi connectivity index (χ1n) is 8.15. The predicted molar refractivity (Wildman–Crippen MR) is 102 cm³/mol. The smallest absolute Gasteiger partial charge is 0.411 e. The van der Waals surface area contributed by atoms with E-state index in [1.54, 1.807) is 12.1 Å². The first-order valence-corrected chi connectivity index (χ1v) is 8.53. The van der Waals surface area contributed by atoms with Gasteiger partial charge in [-0.2, -0.15) is 0 Å². The van der Waals surface area contributed by atoms with Crippen LogP contribution in [0.3, 0.4) is 0 Å². The minimum Gasteiger partial charge on any atom is -0.444 e. The van der Waals surface area contributed by atoms with Gasteiger partial charge >= 0.3 is 6.09 Å². The first kappa shape index (κ1) is 16.5. The van der Waals surface area contributed by atoms with Crippen molar-refractivity contribution in [2.45, 2.75) is 19.6 Å². The summed E-state index contributed by atoms with van der Waals surface area (Å²) in [5.41, 5.74) is 3.60. The molecule has 26 heavy (non-hydrogen) atoms. The van der Waals surface area contributed by atoms with Crippen LogP contribution in [0.4, 0.5) is 16.2 Å². The second-order valence-electron chi connectivity index (χ2n) is 6.22. The monoisotopic (exact) mass is 369 g/mol. The number of aromatic nitrogens is 1. The largest absolute Gasteiger partial charge is 0.444 e. The molecule has 0 aliphatic carbocycles. The van der Waals surface area contributed by atoms with Crippen LogP contribution in [-0.2, 0) is 11.3 Å². The van der Waals surface area contributed by atoms with E-state index in [-0.39, 0.29) is 18.2 Å². The van der Waals surface area contributed by atoms with E-state index in [4.69, 9.17) is 16.3 Å². The molecule has 1 aromatic heterocycles. The molecule has 1 aliphatic rings. The van der Waals surface area contributed by atoms with Gasteiger partial charge in [0.25, 0.3) is 5.56 Å². The number of aromatic amines is 1. The fourth-order valence-electron chi connectivity index (χ4n) is 3.04. The molecular weight excluding hydrogens is 354 g/mol. The number of carbonyl (C=O) groups excluding carboxylic acids is 1. The van der Waals surface area contributed by atoms with Crippen LogP contribution in [0.15, 0.2) is 47.3 Å². The molecule has 3 N–H and O–H groups in total. The summed E-state index contributed by atoms with van der Waals surface area (Å²) in [6.07, 6.45) is -0.467. The van der Waals surface area contributed by atoms with Crippen molar-refractivity contribution >= 4 is 40.0 Å². The van der Waals surface area contributed by atoms with E-state index in [0.717, 1.165) is 22.2 Å². The topological polar surface area (TPSA) is 83.2 Å². The number of rotatable bonds is 3. The van der Waals surface area contributed by atoms with Gasteiger partial charge in [-0.05, 0) is 43.3 Å². The number of pyridine rings is 1. The SMILES string of the molecule is C[C@H](Nc1ccc2c(c1)NC(=O)OC2)c1cc2cc(Cl)ccc2[nH]c1=O. The number of hydrogen-bond donors (Lipinski definition) is 3. The van der Waals surface area contributed by atoms with Crippen molar-refractivity contribution < 1.29 is 9.53 Å². The lowest BCUT2D eigenvalue weighted by molar-refractivity contribution is 0.151. The average molecular weight is 370 g/mol. The number of halogens is 1. The molecule has 0 radical (unpaired) electrons. The van der Waals surface area contributed by atoms with Crippen LogP contribution in [0.25, 0.3) is 10.9 Å². The fourth-order valence-corrected chi connectivity index (χ4v) is 3.22. The zero-order chi connectivity index (χ0) is 18.3. The van der Waals surface area contributed by atoms with Crippen molar-refractivity contribution in [2.75, 3.05) is 10.6 Å². The van der Waals surface area contributed by atoms with Gasteiger partial charge in [0.1, 0.15) is 6.61 Å². The highest BCUT2D eigenvalue weighted by atomic mass is 35.5. The summed E-state index contributed by atoms with van der Waals surface area (Å²) in [5.74, 6) is 0. The third kappa shape index (κ3) is 3.11. The van der Waals surface area contributed by atoms with Crippen molar-refractivity contribution in [3.05, 3.63) is 69.0 Å². The van der Waals surface area contributed by atoms with E-state index < -0.39 is 6.09 Å². The highest BCUT2D eigenvalue weighted by Crippen LogP contribution is 2.27. The molecule has 2 aromatic carbocycles. The van der Waals surface area contributed by atoms with Gasteiger partial charge in [0.05, 0.1) is 11.7 Å². The number of anilines is 2. The van der Waals surface area contributed by atoms with E-state index in [1.165, 1.54) is 0 Å².